The Labute approximate surface area is 160 Å². The van der Waals surface area contributed by atoms with E-state index >= 15 is 0 Å². The SMILES string of the molecule is [C-]#[N+]/N=C(\NC[C@H](NC(=O)c1c(Cl)cccc1Cl)C(=O)O)N1CCCC1. The first kappa shape index (κ1) is 19.8. The molecule has 8 nitrogen and oxygen atoms in total. The average molecular weight is 398 g/mol. The minimum absolute atomic E-state index is 0.0108. The molecule has 0 saturated carbocycles. The highest BCUT2D eigenvalue weighted by atomic mass is 35.5. The van der Waals surface area contributed by atoms with Gasteiger partial charge in [0.1, 0.15) is 11.1 Å². The Balaban J connectivity index is 2.07. The minimum atomic E-state index is -1.26. The van der Waals surface area contributed by atoms with Gasteiger partial charge in [-0.1, -0.05) is 29.3 Å². The van der Waals surface area contributed by atoms with Crippen LogP contribution in [0.25, 0.3) is 4.95 Å². The highest BCUT2D eigenvalue weighted by Gasteiger charge is 2.25. The maximum Gasteiger partial charge on any atom is 0.328 e. The Hall–Kier alpha value is -2.50. The van der Waals surface area contributed by atoms with Crippen LogP contribution in [0.1, 0.15) is 23.2 Å². The molecule has 1 saturated heterocycles. The number of hydrogen-bond acceptors (Lipinski definition) is 3. The number of nitrogens with one attached hydrogen (secondary N) is 2. The molecule has 1 aromatic carbocycles. The monoisotopic (exact) mass is 397 g/mol. The third-order valence-corrected chi connectivity index (χ3v) is 4.44. The fraction of sp³-hybridized carbons (Fsp3) is 0.375. The van der Waals surface area contributed by atoms with Crippen molar-refractivity contribution in [2.45, 2.75) is 18.9 Å². The molecule has 2 rings (SSSR count). The van der Waals surface area contributed by atoms with Gasteiger partial charge in [-0.05, 0) is 25.0 Å². The van der Waals surface area contributed by atoms with E-state index in [2.05, 4.69) is 20.7 Å². The zero-order valence-corrected chi connectivity index (χ0v) is 15.2. The smallest absolute Gasteiger partial charge is 0.328 e. The molecule has 1 aliphatic heterocycles. The highest BCUT2D eigenvalue weighted by molar-refractivity contribution is 6.39. The number of halogens is 2. The third-order valence-electron chi connectivity index (χ3n) is 3.81. The molecule has 26 heavy (non-hydrogen) atoms. The summed E-state index contributed by atoms with van der Waals surface area (Å²) in [6.45, 7) is 8.22. The molecule has 138 valence electrons. The molecule has 0 aromatic heterocycles. The van der Waals surface area contributed by atoms with Gasteiger partial charge in [0.15, 0.2) is 0 Å². The fourth-order valence-corrected chi connectivity index (χ4v) is 3.09. The predicted octanol–water partition coefficient (Wildman–Crippen LogP) is 2.05. The van der Waals surface area contributed by atoms with Crippen molar-refractivity contribution in [3.8, 4) is 0 Å². The van der Waals surface area contributed by atoms with Crippen LogP contribution in [0.15, 0.2) is 23.3 Å². The van der Waals surface area contributed by atoms with Crippen molar-refractivity contribution in [1.29, 1.82) is 0 Å². The Kier molecular flexibility index (Phi) is 7.06. The number of benzene rings is 1. The maximum absolute atomic E-state index is 12.4. The molecule has 1 amide bonds. The lowest BCUT2D eigenvalue weighted by atomic mass is 10.2. The Morgan fingerprint density at radius 1 is 1.31 bits per heavy atom. The number of amides is 1. The first-order valence-electron chi connectivity index (χ1n) is 7.85. The van der Waals surface area contributed by atoms with Gasteiger partial charge in [0.2, 0.25) is 0 Å². The molecule has 0 radical (unpaired) electrons. The topological polar surface area (TPSA) is 98.4 Å². The van der Waals surface area contributed by atoms with Gasteiger partial charge in [-0.15, -0.1) is 4.95 Å². The summed E-state index contributed by atoms with van der Waals surface area (Å²) in [5.74, 6) is -1.63. The summed E-state index contributed by atoms with van der Waals surface area (Å²) in [6, 6.07) is 3.31. The van der Waals surface area contributed by atoms with Gasteiger partial charge in [-0.2, -0.15) is 6.57 Å². The highest BCUT2D eigenvalue weighted by Crippen LogP contribution is 2.24. The van der Waals surface area contributed by atoms with Crippen LogP contribution in [0.3, 0.4) is 0 Å². The van der Waals surface area contributed by atoms with Gasteiger partial charge in [0, 0.05) is 19.6 Å². The first-order valence-corrected chi connectivity index (χ1v) is 8.60. The van der Waals surface area contributed by atoms with Crippen LogP contribution in [0.5, 0.6) is 0 Å². The van der Waals surface area contributed by atoms with Crippen molar-refractivity contribution in [3.05, 3.63) is 45.3 Å². The van der Waals surface area contributed by atoms with E-state index in [0.717, 1.165) is 25.9 Å². The summed E-state index contributed by atoms with van der Waals surface area (Å²) in [5, 5.41) is 18.5. The average Bonchev–Trinajstić information content (AvgIpc) is 3.11. The van der Waals surface area contributed by atoms with Crippen LogP contribution in [0.4, 0.5) is 0 Å². The van der Waals surface area contributed by atoms with Crippen molar-refractivity contribution in [2.75, 3.05) is 19.6 Å². The van der Waals surface area contributed by atoms with E-state index in [-0.39, 0.29) is 22.2 Å². The number of likely N-dealkylation sites (tertiary alicyclic amines) is 1. The second-order valence-electron chi connectivity index (χ2n) is 5.56. The van der Waals surface area contributed by atoms with Gasteiger partial charge in [0.05, 0.1) is 15.6 Å². The quantitative estimate of drug-likeness (QED) is 0.305. The van der Waals surface area contributed by atoms with Crippen LogP contribution in [0.2, 0.25) is 10.0 Å². The zero-order chi connectivity index (χ0) is 19.1. The lowest BCUT2D eigenvalue weighted by Gasteiger charge is -2.21. The van der Waals surface area contributed by atoms with E-state index in [1.54, 1.807) is 6.07 Å². The van der Waals surface area contributed by atoms with Crippen LogP contribution < -0.4 is 10.6 Å². The molecule has 10 heteroatoms. The van der Waals surface area contributed by atoms with Gasteiger partial charge in [-0.25, -0.2) is 4.79 Å². The number of hydrogen-bond donors (Lipinski definition) is 3. The summed E-state index contributed by atoms with van der Waals surface area (Å²) in [5.41, 5.74) is 0.0108. The van der Waals surface area contributed by atoms with Crippen molar-refractivity contribution in [3.63, 3.8) is 0 Å². The third kappa shape index (κ3) is 5.00. The molecule has 0 bridgehead atoms. The van der Waals surface area contributed by atoms with Crippen molar-refractivity contribution >= 4 is 41.0 Å². The number of rotatable bonds is 5. The molecule has 1 aliphatic rings. The fourth-order valence-electron chi connectivity index (χ4n) is 2.53. The zero-order valence-electron chi connectivity index (χ0n) is 13.7. The van der Waals surface area contributed by atoms with E-state index in [1.807, 2.05) is 4.90 Å². The molecule has 0 spiro atoms. The van der Waals surface area contributed by atoms with Gasteiger partial charge in [-0.3, -0.25) is 4.79 Å². The number of carboxylic acid groups (broad SMARTS) is 1. The minimum Gasteiger partial charge on any atom is -0.480 e. The summed E-state index contributed by atoms with van der Waals surface area (Å²) in [4.78, 5) is 28.7. The largest absolute Gasteiger partial charge is 0.480 e. The number of carbonyl (C=O) groups excluding carboxylic acids is 1. The maximum atomic E-state index is 12.4. The Morgan fingerprint density at radius 2 is 1.92 bits per heavy atom. The summed E-state index contributed by atoms with van der Waals surface area (Å²) in [7, 11) is 0. The number of nitrogens with zero attached hydrogens (tertiary/aromatic N) is 3. The van der Waals surface area contributed by atoms with Crippen molar-refractivity contribution < 1.29 is 14.7 Å². The lowest BCUT2D eigenvalue weighted by molar-refractivity contribution is -0.139. The van der Waals surface area contributed by atoms with E-state index in [4.69, 9.17) is 29.8 Å². The second kappa shape index (κ2) is 9.27. The van der Waals surface area contributed by atoms with Gasteiger partial charge >= 0.3 is 5.97 Å². The molecule has 0 aliphatic carbocycles. The Morgan fingerprint density at radius 3 is 2.46 bits per heavy atom. The number of carboxylic acids is 1. The second-order valence-corrected chi connectivity index (χ2v) is 6.37. The normalized spacial score (nSPS) is 15.3. The molecule has 0 unspecified atom stereocenters. The summed E-state index contributed by atoms with van der Waals surface area (Å²) >= 11 is 11.9. The van der Waals surface area contributed by atoms with E-state index in [0.29, 0.717) is 5.96 Å². The molecular weight excluding hydrogens is 381 g/mol. The molecule has 3 N–H and O–H groups in total. The first-order chi connectivity index (χ1) is 12.4. The van der Waals surface area contributed by atoms with Gasteiger partial charge in [0.25, 0.3) is 11.9 Å². The van der Waals surface area contributed by atoms with Crippen LogP contribution in [-0.4, -0.2) is 53.5 Å². The molecule has 1 aromatic rings. The van der Waals surface area contributed by atoms with Gasteiger partial charge < -0.3 is 20.6 Å². The number of guanidine groups is 1. The van der Waals surface area contributed by atoms with Crippen molar-refractivity contribution in [1.82, 2.24) is 15.5 Å². The molecular formula is C16H17Cl2N5O3. The van der Waals surface area contributed by atoms with E-state index in [1.165, 1.54) is 12.1 Å². The summed E-state index contributed by atoms with van der Waals surface area (Å²) in [6.07, 6.45) is 1.95. The van der Waals surface area contributed by atoms with Crippen LogP contribution >= 0.6 is 23.2 Å². The van der Waals surface area contributed by atoms with Crippen LogP contribution in [0, 0.1) is 6.57 Å². The molecule has 1 atom stereocenters. The number of aliphatic carboxylic acids is 1. The predicted molar refractivity (Wildman–Crippen MR) is 98.2 cm³/mol. The molecule has 1 heterocycles. The Bertz CT molecular complexity index is 736. The van der Waals surface area contributed by atoms with E-state index in [9.17, 15) is 14.7 Å². The standard InChI is InChI=1S/C16H17Cl2N5O3/c1-19-22-16(23-7-2-3-8-23)20-9-12(15(25)26)21-14(24)13-10(17)5-4-6-11(13)18/h4-6,12H,2-3,7-9H2,(H,20,22)(H,21,24)(H,25,26)/t12-/m0/s1. The molecule has 1 fully saturated rings. The summed E-state index contributed by atoms with van der Waals surface area (Å²) < 4.78 is 0. The number of carbonyl (C=O) groups is 2. The van der Waals surface area contributed by atoms with Crippen LogP contribution in [-0.2, 0) is 4.79 Å². The van der Waals surface area contributed by atoms with Crippen molar-refractivity contribution in [2.24, 2.45) is 5.10 Å². The lowest BCUT2D eigenvalue weighted by Crippen LogP contribution is -2.51. The van der Waals surface area contributed by atoms with E-state index < -0.39 is 17.9 Å².